The summed E-state index contributed by atoms with van der Waals surface area (Å²) in [7, 11) is 0. The van der Waals surface area contributed by atoms with Crippen LogP contribution >= 0.6 is 11.8 Å². The van der Waals surface area contributed by atoms with Crippen molar-refractivity contribution in [2.24, 2.45) is 0 Å². The highest BCUT2D eigenvalue weighted by Gasteiger charge is 2.18. The maximum atomic E-state index is 12.4. The van der Waals surface area contributed by atoms with Crippen LogP contribution in [0.5, 0.6) is 0 Å². The monoisotopic (exact) mass is 436 g/mol. The predicted molar refractivity (Wildman–Crippen MR) is 122 cm³/mol. The topological polar surface area (TPSA) is 75.9 Å². The average molecular weight is 437 g/mol. The van der Waals surface area contributed by atoms with Crippen molar-refractivity contribution in [1.82, 2.24) is 30.0 Å². The zero-order valence-electron chi connectivity index (χ0n) is 17.6. The SMILES string of the molecule is O=C(CSc1nnc(CN2CCCCC2)n1Cc1ccccc1)NCc1ccccn1. The van der Waals surface area contributed by atoms with Crippen LogP contribution in [0.25, 0.3) is 0 Å². The largest absolute Gasteiger partial charge is 0.350 e. The van der Waals surface area contributed by atoms with Gasteiger partial charge in [0.15, 0.2) is 5.16 Å². The lowest BCUT2D eigenvalue weighted by Crippen LogP contribution is -2.30. The number of aromatic nitrogens is 4. The first-order valence-corrected chi connectivity index (χ1v) is 11.7. The summed E-state index contributed by atoms with van der Waals surface area (Å²) in [5.74, 6) is 1.22. The van der Waals surface area contributed by atoms with E-state index in [1.54, 1.807) is 6.20 Å². The fraction of sp³-hybridized carbons (Fsp3) is 0.391. The Morgan fingerprint density at radius 1 is 0.968 bits per heavy atom. The summed E-state index contributed by atoms with van der Waals surface area (Å²) in [4.78, 5) is 19.0. The Labute approximate surface area is 187 Å². The predicted octanol–water partition coefficient (Wildman–Crippen LogP) is 3.12. The van der Waals surface area contributed by atoms with Crippen molar-refractivity contribution in [2.45, 2.75) is 44.1 Å². The molecule has 31 heavy (non-hydrogen) atoms. The first kappa shape index (κ1) is 21.5. The van der Waals surface area contributed by atoms with Crippen molar-refractivity contribution in [1.29, 1.82) is 0 Å². The van der Waals surface area contributed by atoms with E-state index < -0.39 is 0 Å². The van der Waals surface area contributed by atoms with Gasteiger partial charge in [-0.25, -0.2) is 0 Å². The van der Waals surface area contributed by atoms with E-state index in [0.717, 1.165) is 36.3 Å². The van der Waals surface area contributed by atoms with E-state index in [-0.39, 0.29) is 5.91 Å². The van der Waals surface area contributed by atoms with Crippen LogP contribution in [-0.2, 0) is 24.4 Å². The minimum absolute atomic E-state index is 0.0394. The van der Waals surface area contributed by atoms with Crippen LogP contribution in [0, 0.1) is 0 Å². The molecule has 4 rings (SSSR count). The molecule has 1 saturated heterocycles. The third-order valence-electron chi connectivity index (χ3n) is 5.32. The number of carbonyl (C=O) groups excluding carboxylic acids is 1. The number of nitrogens with one attached hydrogen (secondary N) is 1. The van der Waals surface area contributed by atoms with E-state index in [2.05, 4.69) is 42.1 Å². The zero-order chi connectivity index (χ0) is 21.3. The normalized spacial score (nSPS) is 14.5. The molecule has 1 amide bonds. The van der Waals surface area contributed by atoms with E-state index in [1.165, 1.54) is 36.6 Å². The highest BCUT2D eigenvalue weighted by Crippen LogP contribution is 2.21. The number of benzene rings is 1. The van der Waals surface area contributed by atoms with Crippen LogP contribution < -0.4 is 5.32 Å². The second-order valence-corrected chi connectivity index (χ2v) is 8.64. The van der Waals surface area contributed by atoms with Crippen molar-refractivity contribution < 1.29 is 4.79 Å². The van der Waals surface area contributed by atoms with Crippen LogP contribution in [0.15, 0.2) is 59.9 Å². The number of piperidine rings is 1. The maximum absolute atomic E-state index is 12.4. The van der Waals surface area contributed by atoms with Gasteiger partial charge >= 0.3 is 0 Å². The molecular weight excluding hydrogens is 408 g/mol. The molecule has 162 valence electrons. The molecule has 0 unspecified atom stereocenters. The number of hydrogen-bond donors (Lipinski definition) is 1. The molecule has 0 atom stereocenters. The van der Waals surface area contributed by atoms with Crippen molar-refractivity contribution in [3.8, 4) is 0 Å². The molecule has 1 aliphatic rings. The van der Waals surface area contributed by atoms with Gasteiger partial charge in [-0.3, -0.25) is 14.7 Å². The third kappa shape index (κ3) is 6.38. The van der Waals surface area contributed by atoms with Crippen molar-refractivity contribution in [2.75, 3.05) is 18.8 Å². The lowest BCUT2D eigenvalue weighted by molar-refractivity contribution is -0.118. The van der Waals surface area contributed by atoms with Gasteiger partial charge in [0.2, 0.25) is 5.91 Å². The van der Waals surface area contributed by atoms with E-state index in [1.807, 2.05) is 36.4 Å². The molecule has 7 nitrogen and oxygen atoms in total. The Balaban J connectivity index is 1.41. The van der Waals surface area contributed by atoms with Crippen LogP contribution in [0.2, 0.25) is 0 Å². The Bertz CT molecular complexity index is 957. The summed E-state index contributed by atoms with van der Waals surface area (Å²) in [5, 5.41) is 12.6. The van der Waals surface area contributed by atoms with Crippen molar-refractivity contribution in [3.05, 3.63) is 71.8 Å². The number of nitrogens with zero attached hydrogens (tertiary/aromatic N) is 5. The average Bonchev–Trinajstić information content (AvgIpc) is 3.19. The molecular formula is C23H28N6OS. The van der Waals surface area contributed by atoms with Crippen LogP contribution in [0.4, 0.5) is 0 Å². The molecule has 1 aliphatic heterocycles. The Morgan fingerprint density at radius 3 is 2.55 bits per heavy atom. The van der Waals surface area contributed by atoms with Gasteiger partial charge in [-0.1, -0.05) is 54.6 Å². The fourth-order valence-corrected chi connectivity index (χ4v) is 4.44. The second-order valence-electron chi connectivity index (χ2n) is 7.69. The molecule has 0 bridgehead atoms. The number of carbonyl (C=O) groups is 1. The number of pyridine rings is 1. The van der Waals surface area contributed by atoms with Crippen molar-refractivity contribution in [3.63, 3.8) is 0 Å². The molecule has 3 aromatic rings. The standard InChI is InChI=1S/C23H28N6OS/c30-22(25-15-20-11-5-6-12-24-20)18-31-23-27-26-21(17-28-13-7-2-8-14-28)29(23)16-19-9-3-1-4-10-19/h1,3-6,9-12H,2,7-8,13-18H2,(H,25,30). The molecule has 1 N–H and O–H groups in total. The van der Waals surface area contributed by atoms with Gasteiger partial charge in [0.25, 0.3) is 0 Å². The third-order valence-corrected chi connectivity index (χ3v) is 6.28. The van der Waals surface area contributed by atoms with E-state index in [9.17, 15) is 4.79 Å². The number of likely N-dealkylation sites (tertiary alicyclic amines) is 1. The first-order valence-electron chi connectivity index (χ1n) is 10.8. The Hall–Kier alpha value is -2.71. The molecule has 0 aliphatic carbocycles. The fourth-order valence-electron chi connectivity index (χ4n) is 3.66. The van der Waals surface area contributed by atoms with Gasteiger partial charge in [0, 0.05) is 6.20 Å². The highest BCUT2D eigenvalue weighted by molar-refractivity contribution is 7.99. The van der Waals surface area contributed by atoms with E-state index in [0.29, 0.717) is 18.8 Å². The highest BCUT2D eigenvalue weighted by atomic mass is 32.2. The summed E-state index contributed by atoms with van der Waals surface area (Å²) >= 11 is 1.43. The number of amides is 1. The zero-order valence-corrected chi connectivity index (χ0v) is 18.4. The Morgan fingerprint density at radius 2 is 1.77 bits per heavy atom. The lowest BCUT2D eigenvalue weighted by Gasteiger charge is -2.26. The molecule has 2 aromatic heterocycles. The van der Waals surface area contributed by atoms with Gasteiger partial charge in [0.1, 0.15) is 5.82 Å². The maximum Gasteiger partial charge on any atom is 0.230 e. The number of rotatable bonds is 9. The molecule has 0 saturated carbocycles. The summed E-state index contributed by atoms with van der Waals surface area (Å²) < 4.78 is 2.15. The van der Waals surface area contributed by atoms with Gasteiger partial charge in [0.05, 0.1) is 31.1 Å². The summed E-state index contributed by atoms with van der Waals surface area (Å²) in [6.07, 6.45) is 5.52. The van der Waals surface area contributed by atoms with Gasteiger partial charge in [-0.05, 0) is 43.6 Å². The Kier molecular flexibility index (Phi) is 7.68. The van der Waals surface area contributed by atoms with Gasteiger partial charge in [-0.15, -0.1) is 10.2 Å². The molecule has 3 heterocycles. The molecule has 1 aromatic carbocycles. The number of thioether (sulfide) groups is 1. The summed E-state index contributed by atoms with van der Waals surface area (Å²) in [5.41, 5.74) is 2.04. The summed E-state index contributed by atoms with van der Waals surface area (Å²) in [6, 6.07) is 16.0. The second kappa shape index (κ2) is 11.1. The molecule has 1 fully saturated rings. The minimum atomic E-state index is -0.0394. The molecule has 0 spiro atoms. The van der Waals surface area contributed by atoms with Gasteiger partial charge < -0.3 is 9.88 Å². The smallest absolute Gasteiger partial charge is 0.230 e. The van der Waals surface area contributed by atoms with Crippen LogP contribution in [-0.4, -0.2) is 49.4 Å². The minimum Gasteiger partial charge on any atom is -0.350 e. The van der Waals surface area contributed by atoms with Crippen LogP contribution in [0.3, 0.4) is 0 Å². The van der Waals surface area contributed by atoms with E-state index >= 15 is 0 Å². The molecule has 0 radical (unpaired) electrons. The van der Waals surface area contributed by atoms with Crippen molar-refractivity contribution >= 4 is 17.7 Å². The van der Waals surface area contributed by atoms with Gasteiger partial charge in [-0.2, -0.15) is 0 Å². The number of hydrogen-bond acceptors (Lipinski definition) is 6. The quantitative estimate of drug-likeness (QED) is 0.520. The van der Waals surface area contributed by atoms with E-state index in [4.69, 9.17) is 0 Å². The summed E-state index contributed by atoms with van der Waals surface area (Å²) in [6.45, 7) is 4.14. The lowest BCUT2D eigenvalue weighted by atomic mass is 10.1. The van der Waals surface area contributed by atoms with Crippen LogP contribution in [0.1, 0.15) is 36.3 Å². The molecule has 8 heteroatoms. The first-order chi connectivity index (χ1) is 15.3.